The first-order chi connectivity index (χ1) is 6.75. The maximum Gasteiger partial charge on any atom is 0.0596 e. The van der Waals surface area contributed by atoms with Crippen molar-refractivity contribution < 1.29 is 0 Å². The number of nitrogens with zero attached hydrogens (tertiary/aromatic N) is 2. The van der Waals surface area contributed by atoms with Crippen LogP contribution in [-0.4, -0.2) is 22.9 Å². The fourth-order valence-electron chi connectivity index (χ4n) is 2.17. The number of aromatic nitrogens is 2. The Morgan fingerprint density at radius 3 is 2.44 bits per heavy atom. The summed E-state index contributed by atoms with van der Waals surface area (Å²) in [6, 6.07) is 2.15. The van der Waals surface area contributed by atoms with Gasteiger partial charge in [-0.05, 0) is 51.8 Å². The fourth-order valence-corrected chi connectivity index (χ4v) is 2.17. The van der Waals surface area contributed by atoms with Crippen LogP contribution in [0.2, 0.25) is 0 Å². The summed E-state index contributed by atoms with van der Waals surface area (Å²) < 4.78 is 2.16. The van der Waals surface area contributed by atoms with E-state index < -0.39 is 0 Å². The molecule has 5 heteroatoms. The minimum Gasteiger partial charge on any atom is -0.317 e. The highest BCUT2D eigenvalue weighted by Crippen LogP contribution is 2.15. The maximum absolute atomic E-state index is 4.50. The van der Waals surface area contributed by atoms with E-state index >= 15 is 0 Å². The second kappa shape index (κ2) is 7.15. The van der Waals surface area contributed by atoms with Gasteiger partial charge in [-0.2, -0.15) is 5.10 Å². The lowest BCUT2D eigenvalue weighted by molar-refractivity contribution is 0.318. The normalized spacial score (nSPS) is 16.4. The molecule has 0 radical (unpaired) electrons. The van der Waals surface area contributed by atoms with Gasteiger partial charge in [0.2, 0.25) is 0 Å². The van der Waals surface area contributed by atoms with Gasteiger partial charge in [-0.1, -0.05) is 0 Å². The van der Waals surface area contributed by atoms with Crippen molar-refractivity contribution in [2.75, 3.05) is 13.1 Å². The van der Waals surface area contributed by atoms with Gasteiger partial charge in [-0.15, -0.1) is 24.8 Å². The van der Waals surface area contributed by atoms with Gasteiger partial charge >= 0.3 is 0 Å². The van der Waals surface area contributed by atoms with Crippen molar-refractivity contribution in [2.45, 2.75) is 33.2 Å². The van der Waals surface area contributed by atoms with Crippen molar-refractivity contribution in [2.24, 2.45) is 5.92 Å². The Morgan fingerprint density at radius 2 is 1.94 bits per heavy atom. The van der Waals surface area contributed by atoms with Gasteiger partial charge in [0.25, 0.3) is 0 Å². The molecule has 1 aliphatic rings. The summed E-state index contributed by atoms with van der Waals surface area (Å²) in [5.41, 5.74) is 2.43. The quantitative estimate of drug-likeness (QED) is 0.890. The Bertz CT molecular complexity index is 306. The third kappa shape index (κ3) is 3.96. The molecule has 0 atom stereocenters. The number of piperidine rings is 1. The standard InChI is InChI=1S/C11H19N3.2ClH/c1-9-7-10(2)14(13-9)8-11-3-5-12-6-4-11;;/h7,11-12H,3-6,8H2,1-2H3;2*1H. The molecule has 2 rings (SSSR count). The number of aryl methyl sites for hydroxylation is 2. The molecule has 1 N–H and O–H groups in total. The Morgan fingerprint density at radius 1 is 1.31 bits per heavy atom. The van der Waals surface area contributed by atoms with Crippen LogP contribution in [0.25, 0.3) is 0 Å². The molecule has 0 aliphatic carbocycles. The van der Waals surface area contributed by atoms with Crippen molar-refractivity contribution in [3.8, 4) is 0 Å². The molecule has 16 heavy (non-hydrogen) atoms. The summed E-state index contributed by atoms with van der Waals surface area (Å²) in [6.07, 6.45) is 2.58. The Kier molecular flexibility index (Phi) is 7.04. The molecule has 0 aromatic carbocycles. The molecule has 1 aromatic rings. The molecule has 1 aliphatic heterocycles. The van der Waals surface area contributed by atoms with E-state index in [-0.39, 0.29) is 24.8 Å². The predicted octanol–water partition coefficient (Wildman–Crippen LogP) is 2.34. The average Bonchev–Trinajstić information content (AvgIpc) is 2.47. The van der Waals surface area contributed by atoms with Crippen molar-refractivity contribution in [3.63, 3.8) is 0 Å². The first-order valence-corrected chi connectivity index (χ1v) is 5.47. The molecule has 0 amide bonds. The number of hydrogen-bond acceptors (Lipinski definition) is 2. The van der Waals surface area contributed by atoms with Crippen LogP contribution in [0.3, 0.4) is 0 Å². The lowest BCUT2D eigenvalue weighted by Gasteiger charge is -2.22. The first kappa shape index (κ1) is 15.8. The molecule has 94 valence electrons. The molecule has 3 nitrogen and oxygen atoms in total. The third-order valence-electron chi connectivity index (χ3n) is 2.99. The third-order valence-corrected chi connectivity index (χ3v) is 2.99. The van der Waals surface area contributed by atoms with Crippen LogP contribution in [0.15, 0.2) is 6.07 Å². The van der Waals surface area contributed by atoms with Crippen LogP contribution < -0.4 is 5.32 Å². The highest BCUT2D eigenvalue weighted by molar-refractivity contribution is 5.85. The number of hydrogen-bond donors (Lipinski definition) is 1. The van der Waals surface area contributed by atoms with Crippen LogP contribution in [0.4, 0.5) is 0 Å². The van der Waals surface area contributed by atoms with E-state index in [2.05, 4.69) is 35.0 Å². The molecule has 0 bridgehead atoms. The summed E-state index contributed by atoms with van der Waals surface area (Å²) in [4.78, 5) is 0. The fraction of sp³-hybridized carbons (Fsp3) is 0.727. The molecule has 1 saturated heterocycles. The van der Waals surface area contributed by atoms with Gasteiger partial charge in [-0.25, -0.2) is 0 Å². The largest absolute Gasteiger partial charge is 0.317 e. The molecule has 0 saturated carbocycles. The molecular weight excluding hydrogens is 245 g/mol. The molecular formula is C11H21Cl2N3. The van der Waals surface area contributed by atoms with Crippen molar-refractivity contribution in [1.82, 2.24) is 15.1 Å². The van der Waals surface area contributed by atoms with Gasteiger partial charge in [0.15, 0.2) is 0 Å². The van der Waals surface area contributed by atoms with Crippen LogP contribution in [0.1, 0.15) is 24.2 Å². The molecule has 1 fully saturated rings. The van der Waals surface area contributed by atoms with Crippen molar-refractivity contribution >= 4 is 24.8 Å². The number of rotatable bonds is 2. The molecule has 1 aromatic heterocycles. The van der Waals surface area contributed by atoms with E-state index in [1.165, 1.54) is 31.6 Å². The predicted molar refractivity (Wildman–Crippen MR) is 71.8 cm³/mol. The van der Waals surface area contributed by atoms with Crippen molar-refractivity contribution in [3.05, 3.63) is 17.5 Å². The van der Waals surface area contributed by atoms with Gasteiger partial charge in [0.05, 0.1) is 5.69 Å². The smallest absolute Gasteiger partial charge is 0.0596 e. The Labute approximate surface area is 110 Å². The highest BCUT2D eigenvalue weighted by atomic mass is 35.5. The monoisotopic (exact) mass is 265 g/mol. The lowest BCUT2D eigenvalue weighted by Crippen LogP contribution is -2.30. The molecule has 0 spiro atoms. The highest BCUT2D eigenvalue weighted by Gasteiger charge is 2.14. The summed E-state index contributed by atoms with van der Waals surface area (Å²) in [5.74, 6) is 0.814. The van der Waals surface area contributed by atoms with Crippen LogP contribution in [0, 0.1) is 19.8 Å². The Balaban J connectivity index is 0.00000112. The number of nitrogens with one attached hydrogen (secondary N) is 1. The van der Waals surface area contributed by atoms with E-state index in [9.17, 15) is 0 Å². The van der Waals surface area contributed by atoms with E-state index in [4.69, 9.17) is 0 Å². The van der Waals surface area contributed by atoms with E-state index in [0.717, 1.165) is 18.2 Å². The van der Waals surface area contributed by atoms with Crippen LogP contribution in [0.5, 0.6) is 0 Å². The Hall–Kier alpha value is -0.250. The lowest BCUT2D eigenvalue weighted by atomic mass is 9.98. The van der Waals surface area contributed by atoms with Gasteiger partial charge in [0, 0.05) is 12.2 Å². The summed E-state index contributed by atoms with van der Waals surface area (Å²) in [7, 11) is 0. The van der Waals surface area contributed by atoms with E-state index in [1.54, 1.807) is 0 Å². The van der Waals surface area contributed by atoms with Gasteiger partial charge < -0.3 is 5.32 Å². The van der Waals surface area contributed by atoms with Crippen LogP contribution in [-0.2, 0) is 6.54 Å². The van der Waals surface area contributed by atoms with E-state index in [1.807, 2.05) is 0 Å². The number of halogens is 2. The summed E-state index contributed by atoms with van der Waals surface area (Å²) >= 11 is 0. The zero-order valence-corrected chi connectivity index (χ0v) is 11.5. The maximum atomic E-state index is 4.50. The van der Waals surface area contributed by atoms with Gasteiger partial charge in [-0.3, -0.25) is 4.68 Å². The topological polar surface area (TPSA) is 29.9 Å². The first-order valence-electron chi connectivity index (χ1n) is 5.47. The zero-order valence-electron chi connectivity index (χ0n) is 9.90. The van der Waals surface area contributed by atoms with Crippen LogP contribution >= 0.6 is 24.8 Å². The molecule has 2 heterocycles. The summed E-state index contributed by atoms with van der Waals surface area (Å²) in [5, 5.41) is 7.89. The second-order valence-corrected chi connectivity index (χ2v) is 4.30. The van der Waals surface area contributed by atoms with E-state index in [0.29, 0.717) is 0 Å². The van der Waals surface area contributed by atoms with Crippen molar-refractivity contribution in [1.29, 1.82) is 0 Å². The zero-order chi connectivity index (χ0) is 9.97. The van der Waals surface area contributed by atoms with Gasteiger partial charge in [0.1, 0.15) is 0 Å². The summed E-state index contributed by atoms with van der Waals surface area (Å²) in [6.45, 7) is 7.64. The molecule has 0 unspecified atom stereocenters. The average molecular weight is 266 g/mol. The minimum absolute atomic E-state index is 0. The SMILES string of the molecule is Cc1cc(C)n(CC2CCNCC2)n1.Cl.Cl. The minimum atomic E-state index is 0. The second-order valence-electron chi connectivity index (χ2n) is 4.30.